The van der Waals surface area contributed by atoms with Crippen LogP contribution in [0.4, 0.5) is 4.79 Å². The van der Waals surface area contributed by atoms with Crippen LogP contribution in [0.1, 0.15) is 32.6 Å². The van der Waals surface area contributed by atoms with E-state index >= 15 is 0 Å². The molecule has 1 N–H and O–H groups in total. The maximum atomic E-state index is 12.6. The highest BCUT2D eigenvalue weighted by atomic mass is 16.2. The fourth-order valence-corrected chi connectivity index (χ4v) is 3.09. The second-order valence-electron chi connectivity index (χ2n) is 6.16. The SMILES string of the molecule is C#CCNC(=O)N1CCCC(C(=O)N2CCC(C)CC2)C1. The van der Waals surface area contributed by atoms with Gasteiger partial charge in [-0.05, 0) is 31.6 Å². The molecule has 0 aromatic rings. The molecular weight excluding hydrogens is 266 g/mol. The van der Waals surface area contributed by atoms with Crippen molar-refractivity contribution in [1.82, 2.24) is 15.1 Å². The lowest BCUT2D eigenvalue weighted by molar-refractivity contribution is -0.138. The van der Waals surface area contributed by atoms with Crippen LogP contribution >= 0.6 is 0 Å². The first-order valence-electron chi connectivity index (χ1n) is 7.87. The van der Waals surface area contributed by atoms with Gasteiger partial charge in [-0.3, -0.25) is 4.79 Å². The molecule has 0 saturated carbocycles. The summed E-state index contributed by atoms with van der Waals surface area (Å²) in [5.74, 6) is 3.27. The minimum absolute atomic E-state index is 0.0521. The molecule has 0 bridgehead atoms. The van der Waals surface area contributed by atoms with E-state index in [9.17, 15) is 9.59 Å². The third-order valence-corrected chi connectivity index (χ3v) is 4.49. The van der Waals surface area contributed by atoms with Gasteiger partial charge >= 0.3 is 6.03 Å². The van der Waals surface area contributed by atoms with Crippen molar-refractivity contribution in [3.8, 4) is 12.3 Å². The number of terminal acetylenes is 1. The molecule has 5 heteroatoms. The van der Waals surface area contributed by atoms with E-state index < -0.39 is 0 Å². The lowest BCUT2D eigenvalue weighted by atomic mass is 9.93. The van der Waals surface area contributed by atoms with Crippen molar-refractivity contribution in [2.75, 3.05) is 32.7 Å². The van der Waals surface area contributed by atoms with Crippen molar-refractivity contribution in [3.63, 3.8) is 0 Å². The van der Waals surface area contributed by atoms with Gasteiger partial charge in [-0.1, -0.05) is 12.8 Å². The number of piperidine rings is 2. The quantitative estimate of drug-likeness (QED) is 0.780. The Bertz CT molecular complexity index is 422. The minimum Gasteiger partial charge on any atom is -0.342 e. The highest BCUT2D eigenvalue weighted by Crippen LogP contribution is 2.23. The molecule has 0 aliphatic carbocycles. The summed E-state index contributed by atoms with van der Waals surface area (Å²) >= 11 is 0. The molecule has 2 aliphatic rings. The lowest BCUT2D eigenvalue weighted by Crippen LogP contribution is -2.50. The number of hydrogen-bond acceptors (Lipinski definition) is 2. The normalized spacial score (nSPS) is 23.5. The molecule has 2 rings (SSSR count). The van der Waals surface area contributed by atoms with E-state index in [1.807, 2.05) is 4.90 Å². The van der Waals surface area contributed by atoms with Crippen molar-refractivity contribution in [3.05, 3.63) is 0 Å². The van der Waals surface area contributed by atoms with E-state index in [0.717, 1.165) is 38.8 Å². The summed E-state index contributed by atoms with van der Waals surface area (Å²) in [4.78, 5) is 28.2. The van der Waals surface area contributed by atoms with E-state index in [1.54, 1.807) is 4.90 Å². The van der Waals surface area contributed by atoms with Gasteiger partial charge in [0.2, 0.25) is 5.91 Å². The van der Waals surface area contributed by atoms with Crippen molar-refractivity contribution in [2.45, 2.75) is 32.6 Å². The number of nitrogens with zero attached hydrogens (tertiary/aromatic N) is 2. The number of nitrogens with one attached hydrogen (secondary N) is 1. The Morgan fingerprint density at radius 2 is 1.90 bits per heavy atom. The molecule has 2 heterocycles. The van der Waals surface area contributed by atoms with Gasteiger partial charge in [0, 0.05) is 26.2 Å². The van der Waals surface area contributed by atoms with Crippen LogP contribution in [0.15, 0.2) is 0 Å². The third kappa shape index (κ3) is 4.13. The molecule has 0 radical (unpaired) electrons. The van der Waals surface area contributed by atoms with Gasteiger partial charge in [0.1, 0.15) is 0 Å². The number of carbonyl (C=O) groups excluding carboxylic acids is 2. The topological polar surface area (TPSA) is 52.7 Å². The van der Waals surface area contributed by atoms with E-state index in [0.29, 0.717) is 19.0 Å². The van der Waals surface area contributed by atoms with E-state index in [-0.39, 0.29) is 24.4 Å². The van der Waals surface area contributed by atoms with Crippen molar-refractivity contribution >= 4 is 11.9 Å². The predicted octanol–water partition coefficient (Wildman–Crippen LogP) is 1.30. The Hall–Kier alpha value is -1.70. The van der Waals surface area contributed by atoms with Gasteiger partial charge in [-0.25, -0.2) is 4.79 Å². The number of carbonyl (C=O) groups is 2. The Morgan fingerprint density at radius 1 is 1.19 bits per heavy atom. The first-order valence-corrected chi connectivity index (χ1v) is 7.87. The number of amides is 3. The summed E-state index contributed by atoms with van der Waals surface area (Å²) in [6, 6.07) is -0.155. The monoisotopic (exact) mass is 291 g/mol. The standard InChI is InChI=1S/C16H25N3O2/c1-3-8-17-16(21)19-9-4-5-14(12-19)15(20)18-10-6-13(2)7-11-18/h1,13-14H,4-12H2,2H3,(H,17,21). The zero-order chi connectivity index (χ0) is 15.2. The predicted molar refractivity (Wildman–Crippen MR) is 81.5 cm³/mol. The van der Waals surface area contributed by atoms with Crippen LogP contribution in [0.5, 0.6) is 0 Å². The van der Waals surface area contributed by atoms with Crippen molar-refractivity contribution < 1.29 is 9.59 Å². The lowest BCUT2D eigenvalue weighted by Gasteiger charge is -2.37. The molecule has 2 aliphatic heterocycles. The zero-order valence-corrected chi connectivity index (χ0v) is 12.8. The van der Waals surface area contributed by atoms with Crippen LogP contribution in [-0.2, 0) is 4.79 Å². The fraction of sp³-hybridized carbons (Fsp3) is 0.750. The van der Waals surface area contributed by atoms with Crippen LogP contribution in [0.3, 0.4) is 0 Å². The van der Waals surface area contributed by atoms with Crippen LogP contribution in [0, 0.1) is 24.2 Å². The average molecular weight is 291 g/mol. The minimum atomic E-state index is -0.155. The van der Waals surface area contributed by atoms with Crippen molar-refractivity contribution in [2.24, 2.45) is 11.8 Å². The van der Waals surface area contributed by atoms with Gasteiger partial charge in [0.15, 0.2) is 0 Å². The Labute approximate surface area is 127 Å². The molecular formula is C16H25N3O2. The second kappa shape index (κ2) is 7.35. The zero-order valence-electron chi connectivity index (χ0n) is 12.8. The first-order chi connectivity index (χ1) is 10.1. The summed E-state index contributed by atoms with van der Waals surface area (Å²) in [5.41, 5.74) is 0. The first kappa shape index (κ1) is 15.7. The number of hydrogen-bond donors (Lipinski definition) is 1. The highest BCUT2D eigenvalue weighted by molar-refractivity contribution is 5.81. The number of rotatable bonds is 2. The summed E-state index contributed by atoms with van der Waals surface area (Å²) in [7, 11) is 0. The number of likely N-dealkylation sites (tertiary alicyclic amines) is 2. The maximum absolute atomic E-state index is 12.6. The Morgan fingerprint density at radius 3 is 2.57 bits per heavy atom. The molecule has 116 valence electrons. The third-order valence-electron chi connectivity index (χ3n) is 4.49. The van der Waals surface area contributed by atoms with Crippen LogP contribution in [-0.4, -0.2) is 54.5 Å². The molecule has 3 amide bonds. The van der Waals surface area contributed by atoms with Crippen LogP contribution in [0.2, 0.25) is 0 Å². The largest absolute Gasteiger partial charge is 0.342 e. The molecule has 2 saturated heterocycles. The fourth-order valence-electron chi connectivity index (χ4n) is 3.09. The van der Waals surface area contributed by atoms with Gasteiger partial charge in [-0.2, -0.15) is 0 Å². The van der Waals surface area contributed by atoms with Crippen LogP contribution in [0.25, 0.3) is 0 Å². The van der Waals surface area contributed by atoms with Gasteiger partial charge in [0.25, 0.3) is 0 Å². The number of urea groups is 1. The molecule has 0 spiro atoms. The van der Waals surface area contributed by atoms with Gasteiger partial charge < -0.3 is 15.1 Å². The van der Waals surface area contributed by atoms with E-state index in [1.165, 1.54) is 0 Å². The molecule has 0 aromatic heterocycles. The van der Waals surface area contributed by atoms with Gasteiger partial charge in [-0.15, -0.1) is 6.42 Å². The molecule has 5 nitrogen and oxygen atoms in total. The molecule has 21 heavy (non-hydrogen) atoms. The van der Waals surface area contributed by atoms with E-state index in [2.05, 4.69) is 18.2 Å². The average Bonchev–Trinajstić information content (AvgIpc) is 2.52. The molecule has 1 unspecified atom stereocenters. The van der Waals surface area contributed by atoms with Crippen LogP contribution < -0.4 is 5.32 Å². The molecule has 1 atom stereocenters. The summed E-state index contributed by atoms with van der Waals surface area (Å²) < 4.78 is 0. The summed E-state index contributed by atoms with van der Waals surface area (Å²) in [6.07, 6.45) is 9.08. The van der Waals surface area contributed by atoms with Gasteiger partial charge in [0.05, 0.1) is 12.5 Å². The molecule has 2 fully saturated rings. The summed E-state index contributed by atoms with van der Waals surface area (Å²) in [6.45, 7) is 5.41. The second-order valence-corrected chi connectivity index (χ2v) is 6.16. The smallest absolute Gasteiger partial charge is 0.318 e. The Balaban J connectivity index is 1.87. The molecule has 0 aromatic carbocycles. The van der Waals surface area contributed by atoms with Crippen molar-refractivity contribution in [1.29, 1.82) is 0 Å². The highest BCUT2D eigenvalue weighted by Gasteiger charge is 2.32. The van der Waals surface area contributed by atoms with E-state index in [4.69, 9.17) is 6.42 Å². The maximum Gasteiger partial charge on any atom is 0.318 e. The Kier molecular flexibility index (Phi) is 5.49. The summed E-state index contributed by atoms with van der Waals surface area (Å²) in [5, 5.41) is 2.67.